The molecule has 0 bridgehead atoms. The quantitative estimate of drug-likeness (QED) is 0.326. The van der Waals surface area contributed by atoms with Crippen molar-refractivity contribution in [1.29, 1.82) is 0 Å². The Balaban J connectivity index is 1.49. The number of nitrogens with one attached hydrogen (secondary N) is 2. The van der Waals surface area contributed by atoms with Crippen LogP contribution in [-0.2, 0) is 4.79 Å². The van der Waals surface area contributed by atoms with Gasteiger partial charge < -0.3 is 10.1 Å². The van der Waals surface area contributed by atoms with E-state index in [4.69, 9.17) is 16.3 Å². The molecule has 1 unspecified atom stereocenters. The minimum absolute atomic E-state index is 0.107. The van der Waals surface area contributed by atoms with Crippen LogP contribution in [0, 0.1) is 0 Å². The Morgan fingerprint density at radius 3 is 2.27 bits per heavy atom. The molecule has 0 saturated carbocycles. The van der Waals surface area contributed by atoms with Crippen molar-refractivity contribution in [3.05, 3.63) is 95.0 Å². The highest BCUT2D eigenvalue weighted by Crippen LogP contribution is 2.32. The van der Waals surface area contributed by atoms with Crippen molar-refractivity contribution < 1.29 is 9.53 Å². The lowest BCUT2D eigenvalue weighted by Crippen LogP contribution is -2.35. The standard InChI is InChI=1S/C25H23ClN4O2S/c1-16(33-25-28-23(29-30-25)20-15-19(26)13-14-21(20)32-2)24(31)27-22(17-9-5-3-6-10-17)18-11-7-4-8-12-18/h3-16,22H,1-2H3,(H,27,31)(H,28,29,30). The highest BCUT2D eigenvalue weighted by Gasteiger charge is 2.23. The Hall–Kier alpha value is -3.29. The predicted molar refractivity (Wildman–Crippen MR) is 132 cm³/mol. The fourth-order valence-electron chi connectivity index (χ4n) is 3.41. The third-order valence-electron chi connectivity index (χ3n) is 5.09. The van der Waals surface area contributed by atoms with E-state index in [1.165, 1.54) is 11.8 Å². The first-order valence-electron chi connectivity index (χ1n) is 10.4. The number of carbonyl (C=O) groups is 1. The number of carbonyl (C=O) groups excluding carboxylic acids is 1. The smallest absolute Gasteiger partial charge is 0.234 e. The zero-order valence-electron chi connectivity index (χ0n) is 18.2. The van der Waals surface area contributed by atoms with Gasteiger partial charge in [0.05, 0.1) is 24.0 Å². The molecule has 33 heavy (non-hydrogen) atoms. The highest BCUT2D eigenvalue weighted by atomic mass is 35.5. The summed E-state index contributed by atoms with van der Waals surface area (Å²) in [5, 5.41) is 11.0. The van der Waals surface area contributed by atoms with Gasteiger partial charge in [0, 0.05) is 5.02 Å². The van der Waals surface area contributed by atoms with Gasteiger partial charge in [-0.25, -0.2) is 4.98 Å². The summed E-state index contributed by atoms with van der Waals surface area (Å²) < 4.78 is 5.39. The minimum atomic E-state index is -0.412. The monoisotopic (exact) mass is 478 g/mol. The number of thioether (sulfide) groups is 1. The lowest BCUT2D eigenvalue weighted by molar-refractivity contribution is -0.120. The molecule has 0 aliphatic rings. The van der Waals surface area contributed by atoms with Gasteiger partial charge in [0.2, 0.25) is 11.1 Å². The van der Waals surface area contributed by atoms with Crippen LogP contribution < -0.4 is 10.1 Å². The maximum Gasteiger partial charge on any atom is 0.234 e. The number of H-pyrrole nitrogens is 1. The third-order valence-corrected chi connectivity index (χ3v) is 6.28. The van der Waals surface area contributed by atoms with Crippen molar-refractivity contribution >= 4 is 29.3 Å². The zero-order chi connectivity index (χ0) is 23.2. The molecule has 0 spiro atoms. The van der Waals surface area contributed by atoms with Crippen molar-refractivity contribution in [1.82, 2.24) is 20.5 Å². The summed E-state index contributed by atoms with van der Waals surface area (Å²) in [6.07, 6.45) is 0. The molecule has 1 amide bonds. The van der Waals surface area contributed by atoms with Gasteiger partial charge in [-0.2, -0.15) is 0 Å². The second-order valence-corrected chi connectivity index (χ2v) is 9.08. The predicted octanol–water partition coefficient (Wildman–Crippen LogP) is 5.52. The summed E-state index contributed by atoms with van der Waals surface area (Å²) in [5.41, 5.74) is 2.74. The maximum atomic E-state index is 13.1. The number of amides is 1. The number of hydrogen-bond donors (Lipinski definition) is 2. The molecule has 1 aromatic heterocycles. The van der Waals surface area contributed by atoms with Crippen LogP contribution in [0.3, 0.4) is 0 Å². The Morgan fingerprint density at radius 2 is 1.67 bits per heavy atom. The van der Waals surface area contributed by atoms with E-state index in [1.807, 2.05) is 67.6 Å². The second-order valence-electron chi connectivity index (χ2n) is 7.33. The lowest BCUT2D eigenvalue weighted by Gasteiger charge is -2.21. The molecular weight excluding hydrogens is 456 g/mol. The maximum absolute atomic E-state index is 13.1. The molecule has 4 rings (SSSR count). The highest BCUT2D eigenvalue weighted by molar-refractivity contribution is 8.00. The SMILES string of the molecule is COc1ccc(Cl)cc1-c1nc(SC(C)C(=O)NC(c2ccccc2)c2ccccc2)n[nH]1. The number of aromatic nitrogens is 3. The molecule has 1 heterocycles. The Labute approximate surface area is 201 Å². The van der Waals surface area contributed by atoms with Crippen LogP contribution in [0.4, 0.5) is 0 Å². The largest absolute Gasteiger partial charge is 0.496 e. The minimum Gasteiger partial charge on any atom is -0.496 e. The molecule has 2 N–H and O–H groups in total. The number of ether oxygens (including phenoxy) is 1. The number of benzene rings is 3. The van der Waals surface area contributed by atoms with E-state index in [1.54, 1.807) is 25.3 Å². The number of nitrogens with zero attached hydrogens (tertiary/aromatic N) is 2. The molecule has 0 fully saturated rings. The molecule has 0 radical (unpaired) electrons. The van der Waals surface area contributed by atoms with E-state index in [2.05, 4.69) is 20.5 Å². The van der Waals surface area contributed by atoms with Crippen LogP contribution in [0.2, 0.25) is 5.02 Å². The van der Waals surface area contributed by atoms with Gasteiger partial charge in [-0.05, 0) is 36.2 Å². The first kappa shape index (κ1) is 22.9. The number of rotatable bonds is 8. The molecule has 0 saturated heterocycles. The molecule has 3 aromatic carbocycles. The van der Waals surface area contributed by atoms with E-state index in [0.29, 0.717) is 27.3 Å². The average molecular weight is 479 g/mol. The van der Waals surface area contributed by atoms with Crippen LogP contribution in [0.1, 0.15) is 24.1 Å². The Bertz CT molecular complexity index is 1180. The normalized spacial score (nSPS) is 11.9. The van der Waals surface area contributed by atoms with Crippen LogP contribution >= 0.6 is 23.4 Å². The van der Waals surface area contributed by atoms with Crippen LogP contribution in [0.25, 0.3) is 11.4 Å². The Morgan fingerprint density at radius 1 is 1.03 bits per heavy atom. The van der Waals surface area contributed by atoms with E-state index in [-0.39, 0.29) is 11.9 Å². The number of halogens is 1. The molecule has 4 aromatic rings. The van der Waals surface area contributed by atoms with Crippen molar-refractivity contribution in [2.45, 2.75) is 23.4 Å². The van der Waals surface area contributed by atoms with Gasteiger partial charge in [0.15, 0.2) is 5.82 Å². The van der Waals surface area contributed by atoms with E-state index in [0.717, 1.165) is 11.1 Å². The summed E-state index contributed by atoms with van der Waals surface area (Å²) in [6.45, 7) is 1.84. The molecule has 6 nitrogen and oxygen atoms in total. The molecular formula is C25H23ClN4O2S. The van der Waals surface area contributed by atoms with Crippen molar-refractivity contribution in [3.63, 3.8) is 0 Å². The van der Waals surface area contributed by atoms with Crippen molar-refractivity contribution in [2.75, 3.05) is 7.11 Å². The summed E-state index contributed by atoms with van der Waals surface area (Å²) in [4.78, 5) is 17.6. The van der Waals surface area contributed by atoms with Gasteiger partial charge in [-0.3, -0.25) is 9.89 Å². The first-order chi connectivity index (χ1) is 16.0. The molecule has 168 valence electrons. The molecule has 8 heteroatoms. The third kappa shape index (κ3) is 5.56. The van der Waals surface area contributed by atoms with Gasteiger partial charge >= 0.3 is 0 Å². The topological polar surface area (TPSA) is 79.9 Å². The fraction of sp³-hybridized carbons (Fsp3) is 0.160. The van der Waals surface area contributed by atoms with E-state index in [9.17, 15) is 4.79 Å². The molecule has 1 atom stereocenters. The summed E-state index contributed by atoms with van der Waals surface area (Å²) in [6, 6.07) is 24.9. The van der Waals surface area contributed by atoms with Crippen LogP contribution in [0.5, 0.6) is 5.75 Å². The summed E-state index contributed by atoms with van der Waals surface area (Å²) >= 11 is 7.41. The van der Waals surface area contributed by atoms with Gasteiger partial charge in [-0.15, -0.1) is 5.10 Å². The summed E-state index contributed by atoms with van der Waals surface area (Å²) in [5.74, 6) is 1.05. The summed E-state index contributed by atoms with van der Waals surface area (Å²) in [7, 11) is 1.58. The van der Waals surface area contributed by atoms with Gasteiger partial charge in [0.25, 0.3) is 0 Å². The molecule has 0 aliphatic heterocycles. The van der Waals surface area contributed by atoms with E-state index < -0.39 is 5.25 Å². The first-order valence-corrected chi connectivity index (χ1v) is 11.6. The van der Waals surface area contributed by atoms with Gasteiger partial charge in [0.1, 0.15) is 5.75 Å². The van der Waals surface area contributed by atoms with Gasteiger partial charge in [-0.1, -0.05) is 84.0 Å². The number of hydrogen-bond acceptors (Lipinski definition) is 5. The lowest BCUT2D eigenvalue weighted by atomic mass is 9.98. The zero-order valence-corrected chi connectivity index (χ0v) is 19.7. The van der Waals surface area contributed by atoms with Crippen LogP contribution in [-0.4, -0.2) is 33.4 Å². The second kappa shape index (κ2) is 10.6. The molecule has 0 aliphatic carbocycles. The van der Waals surface area contributed by atoms with Crippen molar-refractivity contribution in [2.24, 2.45) is 0 Å². The number of aromatic amines is 1. The number of methoxy groups -OCH3 is 1. The average Bonchev–Trinajstić information content (AvgIpc) is 3.31. The Kier molecular flexibility index (Phi) is 7.32. The van der Waals surface area contributed by atoms with Crippen LogP contribution in [0.15, 0.2) is 84.0 Å². The van der Waals surface area contributed by atoms with E-state index >= 15 is 0 Å². The van der Waals surface area contributed by atoms with Crippen molar-refractivity contribution in [3.8, 4) is 17.1 Å². The fourth-order valence-corrected chi connectivity index (χ4v) is 4.31.